The Morgan fingerprint density at radius 3 is 2.83 bits per heavy atom. The van der Waals surface area contributed by atoms with E-state index in [9.17, 15) is 4.79 Å². The molecule has 2 heterocycles. The molecule has 1 aromatic carbocycles. The summed E-state index contributed by atoms with van der Waals surface area (Å²) in [5, 5.41) is 2.90. The first-order valence-electron chi connectivity index (χ1n) is 7.62. The van der Waals surface area contributed by atoms with Crippen molar-refractivity contribution in [3.05, 3.63) is 66.7 Å². The molecule has 1 N–H and O–H groups in total. The van der Waals surface area contributed by atoms with Crippen molar-refractivity contribution in [3.63, 3.8) is 0 Å². The standard InChI is InChI=1S/C18H18N4O2/c1-24-16-4-2-3-15(13-16)17-20-9-11-22(17)12-10-21-18(23)14-5-7-19-8-6-14/h2-9,11,13H,10,12H2,1H3,(H,21,23). The Morgan fingerprint density at radius 2 is 2.04 bits per heavy atom. The second-order valence-corrected chi connectivity index (χ2v) is 5.17. The summed E-state index contributed by atoms with van der Waals surface area (Å²) in [5.41, 5.74) is 1.57. The Labute approximate surface area is 140 Å². The number of hydrogen-bond acceptors (Lipinski definition) is 4. The minimum atomic E-state index is -0.111. The number of amides is 1. The quantitative estimate of drug-likeness (QED) is 0.756. The molecule has 2 aromatic heterocycles. The van der Waals surface area contributed by atoms with Crippen LogP contribution in [-0.4, -0.2) is 34.1 Å². The second-order valence-electron chi connectivity index (χ2n) is 5.17. The summed E-state index contributed by atoms with van der Waals surface area (Å²) in [6.45, 7) is 1.14. The first-order valence-corrected chi connectivity index (χ1v) is 7.62. The summed E-state index contributed by atoms with van der Waals surface area (Å²) in [5.74, 6) is 1.51. The zero-order chi connectivity index (χ0) is 16.8. The highest BCUT2D eigenvalue weighted by atomic mass is 16.5. The molecule has 24 heavy (non-hydrogen) atoms. The van der Waals surface area contributed by atoms with E-state index in [0.717, 1.165) is 17.1 Å². The Kier molecular flexibility index (Phi) is 4.86. The van der Waals surface area contributed by atoms with Gasteiger partial charge < -0.3 is 14.6 Å². The zero-order valence-electron chi connectivity index (χ0n) is 13.3. The summed E-state index contributed by atoms with van der Waals surface area (Å²) in [6, 6.07) is 11.1. The van der Waals surface area contributed by atoms with Crippen LogP contribution in [0.2, 0.25) is 0 Å². The maximum atomic E-state index is 12.0. The molecule has 6 heteroatoms. The van der Waals surface area contributed by atoms with E-state index in [1.807, 2.05) is 35.0 Å². The van der Waals surface area contributed by atoms with Gasteiger partial charge in [-0.1, -0.05) is 12.1 Å². The molecule has 0 radical (unpaired) electrons. The number of imidazole rings is 1. The van der Waals surface area contributed by atoms with Gasteiger partial charge in [0.25, 0.3) is 5.91 Å². The van der Waals surface area contributed by atoms with E-state index in [1.165, 1.54) is 0 Å². The number of carbonyl (C=O) groups excluding carboxylic acids is 1. The monoisotopic (exact) mass is 322 g/mol. The van der Waals surface area contributed by atoms with Gasteiger partial charge in [-0.25, -0.2) is 4.98 Å². The van der Waals surface area contributed by atoms with Crippen LogP contribution in [0.1, 0.15) is 10.4 Å². The van der Waals surface area contributed by atoms with Crippen molar-refractivity contribution in [3.8, 4) is 17.1 Å². The molecule has 0 aliphatic heterocycles. The fourth-order valence-corrected chi connectivity index (χ4v) is 2.41. The van der Waals surface area contributed by atoms with Gasteiger partial charge in [0.1, 0.15) is 11.6 Å². The van der Waals surface area contributed by atoms with Gasteiger partial charge in [-0.15, -0.1) is 0 Å². The van der Waals surface area contributed by atoms with Crippen LogP contribution in [0, 0.1) is 0 Å². The zero-order valence-corrected chi connectivity index (χ0v) is 13.3. The van der Waals surface area contributed by atoms with Crippen LogP contribution >= 0.6 is 0 Å². The second kappa shape index (κ2) is 7.41. The first-order chi connectivity index (χ1) is 11.8. The van der Waals surface area contributed by atoms with Gasteiger partial charge >= 0.3 is 0 Å². The molecule has 0 saturated heterocycles. The van der Waals surface area contributed by atoms with Crippen molar-refractivity contribution >= 4 is 5.91 Å². The lowest BCUT2D eigenvalue weighted by Crippen LogP contribution is -2.27. The summed E-state index contributed by atoms with van der Waals surface area (Å²) < 4.78 is 7.26. The minimum Gasteiger partial charge on any atom is -0.497 e. The number of nitrogens with one attached hydrogen (secondary N) is 1. The van der Waals surface area contributed by atoms with Crippen molar-refractivity contribution in [2.45, 2.75) is 6.54 Å². The van der Waals surface area contributed by atoms with Crippen molar-refractivity contribution in [2.75, 3.05) is 13.7 Å². The van der Waals surface area contributed by atoms with Crippen LogP contribution in [0.15, 0.2) is 61.2 Å². The molecule has 0 aliphatic rings. The highest BCUT2D eigenvalue weighted by Crippen LogP contribution is 2.22. The molecular formula is C18H18N4O2. The predicted molar refractivity (Wildman–Crippen MR) is 90.8 cm³/mol. The number of methoxy groups -OCH3 is 1. The van der Waals surface area contributed by atoms with Gasteiger partial charge in [0.2, 0.25) is 0 Å². The summed E-state index contributed by atoms with van der Waals surface area (Å²) in [4.78, 5) is 20.3. The lowest BCUT2D eigenvalue weighted by molar-refractivity contribution is 0.0952. The molecule has 0 unspecified atom stereocenters. The Morgan fingerprint density at radius 1 is 1.21 bits per heavy atom. The van der Waals surface area contributed by atoms with Crippen LogP contribution in [-0.2, 0) is 6.54 Å². The van der Waals surface area contributed by atoms with Crippen LogP contribution in [0.3, 0.4) is 0 Å². The largest absolute Gasteiger partial charge is 0.497 e. The molecule has 3 rings (SSSR count). The fraction of sp³-hybridized carbons (Fsp3) is 0.167. The number of aromatic nitrogens is 3. The molecule has 0 bridgehead atoms. The molecule has 6 nitrogen and oxygen atoms in total. The van der Waals surface area contributed by atoms with E-state index < -0.39 is 0 Å². The highest BCUT2D eigenvalue weighted by molar-refractivity contribution is 5.93. The average Bonchev–Trinajstić information content (AvgIpc) is 3.11. The molecule has 3 aromatic rings. The van der Waals surface area contributed by atoms with E-state index in [2.05, 4.69) is 15.3 Å². The summed E-state index contributed by atoms with van der Waals surface area (Å²) >= 11 is 0. The van der Waals surface area contributed by atoms with E-state index in [0.29, 0.717) is 18.7 Å². The highest BCUT2D eigenvalue weighted by Gasteiger charge is 2.08. The van der Waals surface area contributed by atoms with Gasteiger partial charge in [0, 0.05) is 49.0 Å². The fourth-order valence-electron chi connectivity index (χ4n) is 2.41. The predicted octanol–water partition coefficient (Wildman–Crippen LogP) is 2.38. The van der Waals surface area contributed by atoms with Crippen LogP contribution in [0.5, 0.6) is 5.75 Å². The topological polar surface area (TPSA) is 69.0 Å². The number of ether oxygens (including phenoxy) is 1. The molecular weight excluding hydrogens is 304 g/mol. The van der Waals surface area contributed by atoms with Gasteiger partial charge in [0.05, 0.1) is 7.11 Å². The van der Waals surface area contributed by atoms with E-state index in [4.69, 9.17) is 4.74 Å². The van der Waals surface area contributed by atoms with Crippen molar-refractivity contribution in [1.29, 1.82) is 0 Å². The van der Waals surface area contributed by atoms with Gasteiger partial charge in [-0.05, 0) is 24.3 Å². The van der Waals surface area contributed by atoms with E-state index in [-0.39, 0.29) is 5.91 Å². The Balaban J connectivity index is 1.65. The Hall–Kier alpha value is -3.15. The number of carbonyl (C=O) groups is 1. The lowest BCUT2D eigenvalue weighted by Gasteiger charge is -2.10. The maximum Gasteiger partial charge on any atom is 0.251 e. The smallest absolute Gasteiger partial charge is 0.251 e. The van der Waals surface area contributed by atoms with Gasteiger partial charge in [-0.3, -0.25) is 9.78 Å². The third-order valence-electron chi connectivity index (χ3n) is 3.62. The normalized spacial score (nSPS) is 10.4. The third-order valence-corrected chi connectivity index (χ3v) is 3.62. The molecule has 0 saturated carbocycles. The molecule has 1 amide bonds. The molecule has 0 aliphatic carbocycles. The SMILES string of the molecule is COc1cccc(-c2nccn2CCNC(=O)c2ccncc2)c1. The number of hydrogen-bond donors (Lipinski definition) is 1. The van der Waals surface area contributed by atoms with Crippen LogP contribution in [0.4, 0.5) is 0 Å². The van der Waals surface area contributed by atoms with Crippen molar-refractivity contribution in [1.82, 2.24) is 19.9 Å². The van der Waals surface area contributed by atoms with E-state index >= 15 is 0 Å². The molecule has 0 fully saturated rings. The third kappa shape index (κ3) is 3.60. The summed E-state index contributed by atoms with van der Waals surface area (Å²) in [7, 11) is 1.64. The molecule has 0 spiro atoms. The summed E-state index contributed by atoms with van der Waals surface area (Å²) in [6.07, 6.45) is 6.85. The molecule has 0 atom stereocenters. The van der Waals surface area contributed by atoms with Crippen molar-refractivity contribution < 1.29 is 9.53 Å². The minimum absolute atomic E-state index is 0.111. The van der Waals surface area contributed by atoms with Gasteiger partial charge in [0.15, 0.2) is 0 Å². The van der Waals surface area contributed by atoms with Crippen LogP contribution in [0.25, 0.3) is 11.4 Å². The van der Waals surface area contributed by atoms with Crippen molar-refractivity contribution in [2.24, 2.45) is 0 Å². The first kappa shape index (κ1) is 15.7. The lowest BCUT2D eigenvalue weighted by atomic mass is 10.2. The number of benzene rings is 1. The average molecular weight is 322 g/mol. The maximum absolute atomic E-state index is 12.0. The molecule has 122 valence electrons. The number of pyridine rings is 1. The number of nitrogens with zero attached hydrogens (tertiary/aromatic N) is 3. The van der Waals surface area contributed by atoms with Crippen LogP contribution < -0.4 is 10.1 Å². The Bertz CT molecular complexity index is 815. The van der Waals surface area contributed by atoms with Gasteiger partial charge in [-0.2, -0.15) is 0 Å². The number of rotatable bonds is 6. The van der Waals surface area contributed by atoms with E-state index in [1.54, 1.807) is 37.8 Å².